The molecule has 2 aromatic rings. The van der Waals surface area contributed by atoms with E-state index >= 15 is 0 Å². The lowest BCUT2D eigenvalue weighted by Gasteiger charge is -2.08. The van der Waals surface area contributed by atoms with Gasteiger partial charge in [-0.05, 0) is 20.8 Å². The van der Waals surface area contributed by atoms with Crippen molar-refractivity contribution in [1.29, 1.82) is 0 Å². The summed E-state index contributed by atoms with van der Waals surface area (Å²) in [6.45, 7) is 6.79. The number of aryl methyl sites for hydroxylation is 2. The Labute approximate surface area is 106 Å². The van der Waals surface area contributed by atoms with Crippen LogP contribution in [0.2, 0.25) is 5.15 Å². The zero-order valence-corrected chi connectivity index (χ0v) is 11.0. The number of rotatable bonds is 3. The molecule has 0 N–H and O–H groups in total. The molecule has 0 bridgehead atoms. The number of nitrogens with zero attached hydrogens (tertiary/aromatic N) is 4. The molecule has 0 aliphatic heterocycles. The third-order valence-electron chi connectivity index (χ3n) is 2.77. The molecule has 0 aliphatic rings. The molecule has 0 aliphatic carbocycles. The van der Waals surface area contributed by atoms with Crippen molar-refractivity contribution in [3.05, 3.63) is 40.5 Å². The van der Waals surface area contributed by atoms with Crippen LogP contribution < -0.4 is 0 Å². The van der Waals surface area contributed by atoms with Crippen LogP contribution in [0.25, 0.3) is 0 Å². The van der Waals surface area contributed by atoms with Gasteiger partial charge < -0.3 is 4.57 Å². The Bertz CT molecular complexity index is 533. The number of aromatic nitrogens is 4. The summed E-state index contributed by atoms with van der Waals surface area (Å²) in [5.74, 6) is 1.70. The molecule has 0 atom stereocenters. The highest BCUT2D eigenvalue weighted by atomic mass is 35.5. The first kappa shape index (κ1) is 12.0. The van der Waals surface area contributed by atoms with Crippen molar-refractivity contribution in [2.24, 2.45) is 0 Å². The van der Waals surface area contributed by atoms with Crippen molar-refractivity contribution >= 4 is 11.6 Å². The Hall–Kier alpha value is -1.42. The lowest BCUT2D eigenvalue weighted by Crippen LogP contribution is -2.06. The van der Waals surface area contributed by atoms with Crippen LogP contribution in [0.15, 0.2) is 12.4 Å². The summed E-state index contributed by atoms with van der Waals surface area (Å²) in [7, 11) is 0. The van der Waals surface area contributed by atoms with E-state index in [1.165, 1.54) is 0 Å². The Morgan fingerprint density at radius 1 is 1.29 bits per heavy atom. The zero-order valence-electron chi connectivity index (χ0n) is 10.2. The Morgan fingerprint density at radius 2 is 2.06 bits per heavy atom. The van der Waals surface area contributed by atoms with Gasteiger partial charge in [-0.3, -0.25) is 0 Å². The molecule has 2 rings (SSSR count). The highest BCUT2D eigenvalue weighted by molar-refractivity contribution is 6.30. The molecular formula is C12H15ClN4. The summed E-state index contributed by atoms with van der Waals surface area (Å²) in [4.78, 5) is 12.9. The Balaban J connectivity index is 2.36. The molecular weight excluding hydrogens is 236 g/mol. The normalized spacial score (nSPS) is 10.8. The van der Waals surface area contributed by atoms with Gasteiger partial charge in [0, 0.05) is 30.9 Å². The molecule has 0 fully saturated rings. The van der Waals surface area contributed by atoms with Crippen molar-refractivity contribution in [2.45, 2.75) is 33.7 Å². The van der Waals surface area contributed by atoms with E-state index in [9.17, 15) is 0 Å². The van der Waals surface area contributed by atoms with Gasteiger partial charge in [0.1, 0.15) is 16.8 Å². The average Bonchev–Trinajstić information content (AvgIpc) is 2.72. The van der Waals surface area contributed by atoms with Crippen molar-refractivity contribution in [3.63, 3.8) is 0 Å². The molecule has 0 amide bonds. The van der Waals surface area contributed by atoms with Gasteiger partial charge in [-0.2, -0.15) is 0 Å². The summed E-state index contributed by atoms with van der Waals surface area (Å²) in [5, 5.41) is 0.530. The van der Waals surface area contributed by atoms with E-state index < -0.39 is 0 Å². The van der Waals surface area contributed by atoms with Gasteiger partial charge in [-0.15, -0.1) is 0 Å². The van der Waals surface area contributed by atoms with Crippen LogP contribution in [0, 0.1) is 13.8 Å². The predicted octanol–water partition coefficient (Wildman–Crippen LogP) is 2.55. The first-order valence-corrected chi connectivity index (χ1v) is 5.99. The molecule has 17 heavy (non-hydrogen) atoms. The lowest BCUT2D eigenvalue weighted by atomic mass is 10.2. The summed E-state index contributed by atoms with van der Waals surface area (Å²) in [6.07, 6.45) is 4.47. The zero-order chi connectivity index (χ0) is 12.4. The number of imidazole rings is 1. The standard InChI is InChI=1S/C12H15ClN4/c1-4-17-6-5-14-11(17)7-10-8(2)12(13)16-9(3)15-10/h5-6H,4,7H2,1-3H3. The fourth-order valence-electron chi connectivity index (χ4n) is 1.77. The number of halogens is 1. The third kappa shape index (κ3) is 2.47. The van der Waals surface area contributed by atoms with Crippen LogP contribution in [0.3, 0.4) is 0 Å². The van der Waals surface area contributed by atoms with Crippen LogP contribution in [-0.2, 0) is 13.0 Å². The van der Waals surface area contributed by atoms with Gasteiger partial charge in [0.15, 0.2) is 0 Å². The van der Waals surface area contributed by atoms with Gasteiger partial charge in [0.05, 0.1) is 5.69 Å². The van der Waals surface area contributed by atoms with Crippen LogP contribution >= 0.6 is 11.6 Å². The molecule has 0 aromatic carbocycles. The molecule has 0 spiro atoms. The summed E-state index contributed by atoms with van der Waals surface area (Å²) in [6, 6.07) is 0. The maximum absolute atomic E-state index is 6.05. The Kier molecular flexibility index (Phi) is 3.43. The molecule has 0 saturated carbocycles. The molecule has 0 unspecified atom stereocenters. The van der Waals surface area contributed by atoms with E-state index in [1.54, 1.807) is 0 Å². The maximum atomic E-state index is 6.05. The van der Waals surface area contributed by atoms with Crippen LogP contribution in [0.1, 0.15) is 29.8 Å². The lowest BCUT2D eigenvalue weighted by molar-refractivity contribution is 0.705. The van der Waals surface area contributed by atoms with E-state index in [1.807, 2.05) is 26.2 Å². The van der Waals surface area contributed by atoms with E-state index in [-0.39, 0.29) is 0 Å². The average molecular weight is 251 g/mol. The van der Waals surface area contributed by atoms with Crippen molar-refractivity contribution in [2.75, 3.05) is 0 Å². The first-order chi connectivity index (χ1) is 8.11. The van der Waals surface area contributed by atoms with Gasteiger partial charge >= 0.3 is 0 Å². The maximum Gasteiger partial charge on any atom is 0.135 e. The number of hydrogen-bond acceptors (Lipinski definition) is 3. The van der Waals surface area contributed by atoms with E-state index in [0.717, 1.165) is 23.6 Å². The first-order valence-electron chi connectivity index (χ1n) is 5.61. The highest BCUT2D eigenvalue weighted by Gasteiger charge is 2.10. The molecule has 2 heterocycles. The van der Waals surface area contributed by atoms with Gasteiger partial charge in [0.25, 0.3) is 0 Å². The van der Waals surface area contributed by atoms with Gasteiger partial charge in [-0.25, -0.2) is 15.0 Å². The number of hydrogen-bond donors (Lipinski definition) is 0. The molecule has 2 aromatic heterocycles. The largest absolute Gasteiger partial charge is 0.335 e. The summed E-state index contributed by atoms with van der Waals surface area (Å²) >= 11 is 6.05. The SMILES string of the molecule is CCn1ccnc1Cc1nc(C)nc(Cl)c1C. The van der Waals surface area contributed by atoms with Gasteiger partial charge in [-0.1, -0.05) is 11.6 Å². The van der Waals surface area contributed by atoms with Crippen molar-refractivity contribution in [1.82, 2.24) is 19.5 Å². The minimum atomic E-state index is 0.530. The molecule has 4 nitrogen and oxygen atoms in total. The molecule has 90 valence electrons. The minimum absolute atomic E-state index is 0.530. The smallest absolute Gasteiger partial charge is 0.135 e. The van der Waals surface area contributed by atoms with Crippen LogP contribution in [-0.4, -0.2) is 19.5 Å². The summed E-state index contributed by atoms with van der Waals surface area (Å²) in [5.41, 5.74) is 1.88. The Morgan fingerprint density at radius 3 is 2.76 bits per heavy atom. The fraction of sp³-hybridized carbons (Fsp3) is 0.417. The fourth-order valence-corrected chi connectivity index (χ4v) is 2.00. The quantitative estimate of drug-likeness (QED) is 0.787. The van der Waals surface area contributed by atoms with E-state index in [0.29, 0.717) is 17.4 Å². The van der Waals surface area contributed by atoms with Crippen molar-refractivity contribution in [3.8, 4) is 0 Å². The van der Waals surface area contributed by atoms with Crippen molar-refractivity contribution < 1.29 is 0 Å². The van der Waals surface area contributed by atoms with E-state index in [4.69, 9.17) is 11.6 Å². The van der Waals surface area contributed by atoms with Gasteiger partial charge in [0.2, 0.25) is 0 Å². The van der Waals surface area contributed by atoms with E-state index in [2.05, 4.69) is 26.4 Å². The van der Waals surface area contributed by atoms with Crippen LogP contribution in [0.5, 0.6) is 0 Å². The molecule has 0 radical (unpaired) electrons. The molecule has 0 saturated heterocycles. The second kappa shape index (κ2) is 4.84. The molecule has 5 heteroatoms. The monoisotopic (exact) mass is 250 g/mol. The second-order valence-electron chi connectivity index (χ2n) is 3.94. The van der Waals surface area contributed by atoms with Crippen LogP contribution in [0.4, 0.5) is 0 Å². The predicted molar refractivity (Wildman–Crippen MR) is 67.2 cm³/mol. The minimum Gasteiger partial charge on any atom is -0.335 e. The summed E-state index contributed by atoms with van der Waals surface area (Å²) < 4.78 is 2.10. The third-order valence-corrected chi connectivity index (χ3v) is 3.13. The topological polar surface area (TPSA) is 43.6 Å². The second-order valence-corrected chi connectivity index (χ2v) is 4.30. The highest BCUT2D eigenvalue weighted by Crippen LogP contribution is 2.17.